The van der Waals surface area contributed by atoms with Crippen molar-refractivity contribution in [2.24, 2.45) is 0 Å². The molecule has 2 aromatic carbocycles. The van der Waals surface area contributed by atoms with Crippen molar-refractivity contribution in [2.45, 2.75) is 0 Å². The van der Waals surface area contributed by atoms with E-state index in [0.717, 1.165) is 0 Å². The van der Waals surface area contributed by atoms with Crippen LogP contribution in [0.2, 0.25) is 0 Å². The lowest BCUT2D eigenvalue weighted by Gasteiger charge is -2.28. The van der Waals surface area contributed by atoms with Gasteiger partial charge in [-0.15, -0.1) is 0 Å². The molecule has 0 atom stereocenters. The quantitative estimate of drug-likeness (QED) is 0.521. The highest BCUT2D eigenvalue weighted by Gasteiger charge is 2.47. The first kappa shape index (κ1) is 17.1. The zero-order chi connectivity index (χ0) is 19.7. The van der Waals surface area contributed by atoms with Crippen molar-refractivity contribution in [3.8, 4) is 0 Å². The average molecular weight is 378 g/mol. The van der Waals surface area contributed by atoms with Crippen LogP contribution in [0, 0.1) is 60.2 Å². The Morgan fingerprint density at radius 3 is 1.13 bits per heavy atom. The fourth-order valence-electron chi connectivity index (χ4n) is 5.16. The number of hydrogen-bond acceptors (Lipinski definition) is 0. The number of benzene rings is 2. The molecule has 2 aromatic rings. The van der Waals surface area contributed by atoms with Crippen molar-refractivity contribution in [2.75, 3.05) is 0 Å². The summed E-state index contributed by atoms with van der Waals surface area (Å²) in [6, 6.07) is 18.3. The van der Waals surface area contributed by atoms with Crippen molar-refractivity contribution < 1.29 is 0 Å². The minimum atomic E-state index is 1.27. The lowest BCUT2D eigenvalue weighted by atomic mass is 9.74. The van der Waals surface area contributed by atoms with Gasteiger partial charge in [-0.3, -0.25) is 0 Å². The second-order valence-corrected chi connectivity index (χ2v) is 8.20. The Kier molecular flexibility index (Phi) is 3.68. The Morgan fingerprint density at radius 2 is 0.700 bits per heavy atom. The summed E-state index contributed by atoms with van der Waals surface area (Å²) in [7, 11) is 0. The first-order valence-electron chi connectivity index (χ1n) is 10.5. The number of allylic oxidation sites excluding steroid dienone is 8. The summed E-state index contributed by atoms with van der Waals surface area (Å²) in [5.74, 6) is 10.5. The van der Waals surface area contributed by atoms with Gasteiger partial charge >= 0.3 is 0 Å². The van der Waals surface area contributed by atoms with Gasteiger partial charge in [0, 0.05) is 47.3 Å². The minimum Gasteiger partial charge on any atom is -0.0761 e. The average Bonchev–Trinajstić information content (AvgIpc) is 3.37. The molecule has 0 aliphatic heterocycles. The van der Waals surface area contributed by atoms with Gasteiger partial charge in [0.25, 0.3) is 0 Å². The summed E-state index contributed by atoms with van der Waals surface area (Å²) >= 11 is 0. The molecule has 10 radical (unpaired) electrons. The van der Waals surface area contributed by atoms with E-state index in [1.165, 1.54) is 69.6 Å². The summed E-state index contributed by atoms with van der Waals surface area (Å²) in [6.45, 7) is 0. The summed E-state index contributed by atoms with van der Waals surface area (Å²) in [5, 5.41) is 0. The van der Waals surface area contributed by atoms with E-state index in [4.69, 9.17) is 0 Å². The van der Waals surface area contributed by atoms with E-state index in [1.807, 2.05) is 0 Å². The van der Waals surface area contributed by atoms with Gasteiger partial charge in [-0.2, -0.15) is 0 Å². The van der Waals surface area contributed by atoms with Crippen molar-refractivity contribution in [3.63, 3.8) is 0 Å². The predicted molar refractivity (Wildman–Crippen MR) is 120 cm³/mol. The number of rotatable bonds is 0. The molecule has 30 heavy (non-hydrogen) atoms. The molecule has 0 nitrogen and oxygen atoms in total. The van der Waals surface area contributed by atoms with Crippen LogP contribution in [0.1, 0.15) is 22.3 Å². The molecule has 138 valence electrons. The smallest absolute Gasteiger partial charge is 0.0285 e. The maximum Gasteiger partial charge on any atom is 0.0285 e. The van der Waals surface area contributed by atoms with Crippen LogP contribution in [0.25, 0.3) is 0 Å². The molecule has 0 unspecified atom stereocenters. The Labute approximate surface area is 179 Å². The van der Waals surface area contributed by atoms with Crippen LogP contribution < -0.4 is 0 Å². The zero-order valence-electron chi connectivity index (χ0n) is 16.4. The molecule has 10 rings (SSSR count). The zero-order valence-corrected chi connectivity index (χ0v) is 16.4. The van der Waals surface area contributed by atoms with Crippen LogP contribution in [0.4, 0.5) is 0 Å². The topological polar surface area (TPSA) is 0 Å². The fourth-order valence-corrected chi connectivity index (χ4v) is 5.16. The van der Waals surface area contributed by atoms with Gasteiger partial charge in [0.1, 0.15) is 0 Å². The molecular formula is C30H18. The fraction of sp³-hybridized carbons (Fsp3) is 0. The van der Waals surface area contributed by atoms with Gasteiger partial charge in [-0.25, -0.2) is 0 Å². The molecule has 2 fully saturated rings. The normalized spacial score (nSPS) is 24.8. The van der Waals surface area contributed by atoms with Gasteiger partial charge in [0.15, 0.2) is 0 Å². The maximum atomic E-state index is 2.33. The SMILES string of the molecule is [CH]1[C]2C=CC=C[C]2[C]2[C]1c1ccc(cc1)[C]1[CH][C]3C=CC=C[C]3[C]1c1ccc2cc1. The Hall–Kier alpha value is -2.60. The molecule has 8 aliphatic rings. The van der Waals surface area contributed by atoms with Crippen LogP contribution >= 0.6 is 0 Å². The van der Waals surface area contributed by atoms with Gasteiger partial charge < -0.3 is 0 Å². The molecule has 0 spiro atoms. The molecular weight excluding hydrogens is 360 g/mol. The van der Waals surface area contributed by atoms with E-state index >= 15 is 0 Å². The first-order valence-corrected chi connectivity index (χ1v) is 10.5. The minimum absolute atomic E-state index is 1.27. The third-order valence-corrected chi connectivity index (χ3v) is 6.57. The van der Waals surface area contributed by atoms with E-state index in [2.05, 4.69) is 110 Å². The monoisotopic (exact) mass is 378 g/mol. The Bertz CT molecular complexity index is 990. The standard InChI is InChI=1S/C30H18/c1-3-7-25-23(5-1)17-27-19-9-11-20(12-10-19)28-18-24-6-2-4-8-26(24)30(28)22-15-13-21(14-16-22)29(25)27/h1-18H. The van der Waals surface area contributed by atoms with Gasteiger partial charge in [-0.1, -0.05) is 97.1 Å². The van der Waals surface area contributed by atoms with Crippen molar-refractivity contribution in [1.82, 2.24) is 0 Å². The van der Waals surface area contributed by atoms with E-state index in [1.54, 1.807) is 0 Å². The highest BCUT2D eigenvalue weighted by molar-refractivity contribution is 5.79. The van der Waals surface area contributed by atoms with Crippen LogP contribution in [0.5, 0.6) is 0 Å². The molecule has 0 saturated heterocycles. The summed E-state index contributed by atoms with van der Waals surface area (Å²) < 4.78 is 0. The van der Waals surface area contributed by atoms with Gasteiger partial charge in [0.2, 0.25) is 0 Å². The van der Waals surface area contributed by atoms with E-state index in [-0.39, 0.29) is 0 Å². The van der Waals surface area contributed by atoms with Crippen molar-refractivity contribution in [3.05, 3.63) is 180 Å². The highest BCUT2D eigenvalue weighted by atomic mass is 14.5. The Balaban J connectivity index is 1.40. The molecule has 0 heterocycles. The molecule has 0 amide bonds. The van der Waals surface area contributed by atoms with Crippen LogP contribution in [0.15, 0.2) is 97.1 Å². The molecule has 0 aromatic heterocycles. The first-order chi connectivity index (χ1) is 14.9. The van der Waals surface area contributed by atoms with E-state index in [0.29, 0.717) is 0 Å². The lowest BCUT2D eigenvalue weighted by molar-refractivity contribution is 1.05. The number of fused-ring (bicyclic) bond motifs is 2. The van der Waals surface area contributed by atoms with Crippen LogP contribution in [0.3, 0.4) is 0 Å². The largest absolute Gasteiger partial charge is 0.0761 e. The third kappa shape index (κ3) is 2.40. The second kappa shape index (κ2) is 6.45. The van der Waals surface area contributed by atoms with E-state index in [9.17, 15) is 0 Å². The summed E-state index contributed by atoms with van der Waals surface area (Å²) in [5.41, 5.74) is 5.09. The lowest BCUT2D eigenvalue weighted by Crippen LogP contribution is -2.16. The van der Waals surface area contributed by atoms with Crippen LogP contribution in [-0.2, 0) is 0 Å². The highest BCUT2D eigenvalue weighted by Crippen LogP contribution is 2.58. The Morgan fingerprint density at radius 1 is 0.333 bits per heavy atom. The molecule has 4 bridgehead atoms. The van der Waals surface area contributed by atoms with Gasteiger partial charge in [0.05, 0.1) is 0 Å². The van der Waals surface area contributed by atoms with Crippen LogP contribution in [-0.4, -0.2) is 0 Å². The summed E-state index contributed by atoms with van der Waals surface area (Å²) in [6.07, 6.45) is 22.1. The molecule has 2 saturated carbocycles. The molecule has 0 N–H and O–H groups in total. The molecule has 8 aliphatic carbocycles. The second-order valence-electron chi connectivity index (χ2n) is 8.20. The van der Waals surface area contributed by atoms with Gasteiger partial charge in [-0.05, 0) is 35.1 Å². The number of hydrogen-bond donors (Lipinski definition) is 0. The summed E-state index contributed by atoms with van der Waals surface area (Å²) in [4.78, 5) is 0. The predicted octanol–water partition coefficient (Wildman–Crippen LogP) is 6.08. The van der Waals surface area contributed by atoms with Crippen molar-refractivity contribution in [1.29, 1.82) is 0 Å². The van der Waals surface area contributed by atoms with Crippen molar-refractivity contribution >= 4 is 0 Å². The maximum absolute atomic E-state index is 2.33. The third-order valence-electron chi connectivity index (χ3n) is 6.57. The van der Waals surface area contributed by atoms with E-state index < -0.39 is 0 Å². The molecule has 0 heteroatoms.